The molecule has 0 heterocycles. The number of hydrogen-bond donors (Lipinski definition) is 3. The maximum atomic E-state index is 13.2. The SMILES string of the molecule is Cc1ccc(N=Nc2c(O)c(C(=O)Nc3cccc([N+](=O)[O-])c3)cc3ccccc23)cc1S(=O)(=O)Nc1cccc(S(=O)(=O)[O-])c1.[Na+]. The Balaban J connectivity index is 0.00000500. The molecule has 0 aliphatic rings. The van der Waals surface area contributed by atoms with Crippen LogP contribution in [0.3, 0.4) is 0 Å². The molecule has 0 aromatic heterocycles. The third-order valence-electron chi connectivity index (χ3n) is 6.66. The number of nitro benzene ring substituents is 1. The normalized spacial score (nSPS) is 11.6. The van der Waals surface area contributed by atoms with Crippen molar-refractivity contribution in [1.82, 2.24) is 0 Å². The van der Waals surface area contributed by atoms with Crippen LogP contribution in [0.25, 0.3) is 10.8 Å². The molecule has 0 saturated carbocycles. The zero-order valence-electron chi connectivity index (χ0n) is 24.6. The number of amides is 1. The number of nitrogens with one attached hydrogen (secondary N) is 2. The number of phenols is 1. The van der Waals surface area contributed by atoms with Crippen molar-refractivity contribution in [1.29, 1.82) is 0 Å². The summed E-state index contributed by atoms with van der Waals surface area (Å²) in [5, 5.41) is 34.0. The van der Waals surface area contributed by atoms with E-state index in [0.717, 1.165) is 18.2 Å². The summed E-state index contributed by atoms with van der Waals surface area (Å²) in [6.07, 6.45) is 0. The molecule has 1 amide bonds. The molecule has 14 nitrogen and oxygen atoms in total. The van der Waals surface area contributed by atoms with E-state index in [1.807, 2.05) is 0 Å². The van der Waals surface area contributed by atoms with Crippen molar-refractivity contribution >= 4 is 65.3 Å². The Kier molecular flexibility index (Phi) is 10.4. The van der Waals surface area contributed by atoms with E-state index in [9.17, 15) is 41.4 Å². The predicted octanol–water partition coefficient (Wildman–Crippen LogP) is 3.14. The van der Waals surface area contributed by atoms with Crippen LogP contribution in [0.2, 0.25) is 0 Å². The van der Waals surface area contributed by atoms with Gasteiger partial charge >= 0.3 is 29.6 Å². The molecule has 5 aromatic carbocycles. The summed E-state index contributed by atoms with van der Waals surface area (Å²) in [7, 11) is -9.13. The smallest absolute Gasteiger partial charge is 0.744 e. The van der Waals surface area contributed by atoms with Crippen molar-refractivity contribution in [2.75, 3.05) is 10.0 Å². The largest absolute Gasteiger partial charge is 1.00 e. The fourth-order valence-corrected chi connectivity index (χ4v) is 6.29. The second-order valence-corrected chi connectivity index (χ2v) is 12.9. The number of phenolic OH excluding ortho intramolecular Hbond substituents is 1. The zero-order chi connectivity index (χ0) is 33.2. The summed E-state index contributed by atoms with van der Waals surface area (Å²) in [4.78, 5) is 22.8. The molecule has 0 spiro atoms. The number of non-ortho nitro benzene ring substituents is 1. The number of carbonyl (C=O) groups is 1. The number of rotatable bonds is 9. The van der Waals surface area contributed by atoms with Crippen molar-refractivity contribution in [3.8, 4) is 5.75 Å². The van der Waals surface area contributed by atoms with Gasteiger partial charge in [-0.15, -0.1) is 5.11 Å². The summed E-state index contributed by atoms with van der Waals surface area (Å²) in [6, 6.07) is 22.0. The number of carbonyl (C=O) groups excluding carboxylic acids is 1. The average Bonchev–Trinajstić information content (AvgIpc) is 3.00. The molecule has 47 heavy (non-hydrogen) atoms. The van der Waals surface area contributed by atoms with Crippen molar-refractivity contribution < 1.29 is 65.8 Å². The first kappa shape index (κ1) is 35.1. The van der Waals surface area contributed by atoms with E-state index in [4.69, 9.17) is 0 Å². The van der Waals surface area contributed by atoms with E-state index in [1.165, 1.54) is 61.5 Å². The minimum atomic E-state index is -4.82. The molecule has 17 heteroatoms. The van der Waals surface area contributed by atoms with Gasteiger partial charge in [0.25, 0.3) is 21.6 Å². The maximum Gasteiger partial charge on any atom is 1.00 e. The summed E-state index contributed by atoms with van der Waals surface area (Å²) in [5.74, 6) is -1.32. The molecule has 3 N–H and O–H groups in total. The van der Waals surface area contributed by atoms with Crippen LogP contribution in [0.1, 0.15) is 15.9 Å². The van der Waals surface area contributed by atoms with Crippen molar-refractivity contribution in [2.24, 2.45) is 10.2 Å². The van der Waals surface area contributed by atoms with Crippen LogP contribution in [-0.4, -0.2) is 37.3 Å². The van der Waals surface area contributed by atoms with E-state index >= 15 is 0 Å². The average molecular weight is 684 g/mol. The number of benzene rings is 5. The van der Waals surface area contributed by atoms with Crippen molar-refractivity contribution in [2.45, 2.75) is 16.7 Å². The standard InChI is InChI=1S/C30H23N5O9S2.Na/c1-18-12-13-21(17-27(18)45(40,41)34-22-8-5-10-24(16-22)46(42,43)44)32-33-28-25-11-3-2-6-19(25)14-26(29(28)36)30(37)31-20-7-4-9-23(15-20)35(38)39;/h2-17,34,36H,1H3,(H,31,37)(H,42,43,44);/q;+1/p-1. The second-order valence-electron chi connectivity index (χ2n) is 9.84. The third-order valence-corrected chi connectivity index (χ3v) is 9.01. The molecular weight excluding hydrogens is 661 g/mol. The summed E-state index contributed by atoms with van der Waals surface area (Å²) >= 11 is 0. The van der Waals surface area contributed by atoms with E-state index in [0.29, 0.717) is 16.3 Å². The zero-order valence-corrected chi connectivity index (χ0v) is 28.2. The van der Waals surface area contributed by atoms with E-state index < -0.39 is 41.6 Å². The molecule has 234 valence electrons. The van der Waals surface area contributed by atoms with Crippen LogP contribution < -0.4 is 39.6 Å². The number of aromatic hydroxyl groups is 1. The Morgan fingerprint density at radius 1 is 0.851 bits per heavy atom. The minimum Gasteiger partial charge on any atom is -0.744 e. The predicted molar refractivity (Wildman–Crippen MR) is 167 cm³/mol. The first-order valence-corrected chi connectivity index (χ1v) is 16.0. The van der Waals surface area contributed by atoms with E-state index in [-0.39, 0.29) is 68.5 Å². The summed E-state index contributed by atoms with van der Waals surface area (Å²) in [5.41, 5.74) is -0.199. The van der Waals surface area contributed by atoms with Gasteiger partial charge in [0.15, 0.2) is 5.75 Å². The molecule has 5 aromatic rings. The Morgan fingerprint density at radius 2 is 1.55 bits per heavy atom. The van der Waals surface area contributed by atoms with Crippen LogP contribution >= 0.6 is 0 Å². The number of anilines is 2. The number of azo groups is 1. The fourth-order valence-electron chi connectivity index (χ4n) is 4.46. The summed E-state index contributed by atoms with van der Waals surface area (Å²) < 4.78 is 62.8. The fraction of sp³-hybridized carbons (Fsp3) is 0.0333. The van der Waals surface area contributed by atoms with Crippen LogP contribution in [-0.2, 0) is 20.1 Å². The molecule has 0 radical (unpaired) electrons. The van der Waals surface area contributed by atoms with Gasteiger partial charge in [0.05, 0.1) is 31.7 Å². The molecule has 5 rings (SSSR count). The maximum absolute atomic E-state index is 13.2. The molecule has 0 aliphatic carbocycles. The number of fused-ring (bicyclic) bond motifs is 1. The van der Waals surface area contributed by atoms with Gasteiger partial charge < -0.3 is 15.0 Å². The summed E-state index contributed by atoms with van der Waals surface area (Å²) in [6.45, 7) is 1.52. The first-order chi connectivity index (χ1) is 21.7. The van der Waals surface area contributed by atoms with Crippen molar-refractivity contribution in [3.63, 3.8) is 0 Å². The minimum absolute atomic E-state index is 0. The van der Waals surface area contributed by atoms with Crippen LogP contribution in [0.5, 0.6) is 5.75 Å². The van der Waals surface area contributed by atoms with Gasteiger partial charge in [-0.1, -0.05) is 42.5 Å². The number of nitrogens with zero attached hydrogens (tertiary/aromatic N) is 3. The quantitative estimate of drug-likeness (QED) is 0.0682. The Labute approximate surface area is 290 Å². The first-order valence-electron chi connectivity index (χ1n) is 13.1. The van der Waals surface area contributed by atoms with Gasteiger partial charge in [-0.2, -0.15) is 5.11 Å². The Bertz CT molecular complexity index is 2300. The number of aryl methyl sites for hydroxylation is 1. The third kappa shape index (κ3) is 7.99. The van der Waals surface area contributed by atoms with Gasteiger partial charge in [-0.05, 0) is 60.3 Å². The van der Waals surface area contributed by atoms with E-state index in [2.05, 4.69) is 20.3 Å². The van der Waals surface area contributed by atoms with Crippen LogP contribution in [0, 0.1) is 17.0 Å². The topological polar surface area (TPSA) is 221 Å². The number of sulfonamides is 1. The molecule has 0 bridgehead atoms. The monoisotopic (exact) mass is 683 g/mol. The Hall–Kier alpha value is -4.71. The van der Waals surface area contributed by atoms with Crippen LogP contribution in [0.15, 0.2) is 117 Å². The second kappa shape index (κ2) is 14.0. The molecule has 0 atom stereocenters. The molecule has 0 unspecified atom stereocenters. The number of nitro groups is 1. The van der Waals surface area contributed by atoms with E-state index in [1.54, 1.807) is 24.3 Å². The molecular formula is C30H22N5NaO9S2. The van der Waals surface area contributed by atoms with Gasteiger partial charge in [0.2, 0.25) is 0 Å². The molecule has 0 aliphatic heterocycles. The number of hydrogen-bond acceptors (Lipinski definition) is 11. The van der Waals surface area contributed by atoms with Gasteiger partial charge in [0, 0.05) is 23.2 Å². The van der Waals surface area contributed by atoms with Gasteiger partial charge in [-0.25, -0.2) is 16.8 Å². The Morgan fingerprint density at radius 3 is 2.28 bits per heavy atom. The van der Waals surface area contributed by atoms with Gasteiger partial charge in [0.1, 0.15) is 15.8 Å². The van der Waals surface area contributed by atoms with Gasteiger partial charge in [-0.3, -0.25) is 19.6 Å². The van der Waals surface area contributed by atoms with Crippen LogP contribution in [0.4, 0.5) is 28.4 Å². The molecule has 0 fully saturated rings. The van der Waals surface area contributed by atoms with Crippen molar-refractivity contribution in [3.05, 3.63) is 118 Å². The molecule has 0 saturated heterocycles.